The zero-order valence-corrected chi connectivity index (χ0v) is 10.4. The molecule has 0 aliphatic heterocycles. The van der Waals surface area contributed by atoms with Crippen molar-refractivity contribution in [3.8, 4) is 0 Å². The lowest BCUT2D eigenvalue weighted by atomic mass is 10.0. The van der Waals surface area contributed by atoms with E-state index in [9.17, 15) is 4.79 Å². The molecule has 3 unspecified atom stereocenters. The van der Waals surface area contributed by atoms with Crippen LogP contribution in [0.1, 0.15) is 43.7 Å². The van der Waals surface area contributed by atoms with Crippen molar-refractivity contribution in [2.24, 2.45) is 11.7 Å². The number of amides is 1. The maximum absolute atomic E-state index is 12.0. The van der Waals surface area contributed by atoms with Gasteiger partial charge >= 0.3 is 0 Å². The van der Waals surface area contributed by atoms with Crippen LogP contribution in [0, 0.1) is 12.8 Å². The van der Waals surface area contributed by atoms with Gasteiger partial charge in [0.2, 0.25) is 5.91 Å². The summed E-state index contributed by atoms with van der Waals surface area (Å²) < 4.78 is 5.49. The molecule has 4 heteroatoms. The highest BCUT2D eigenvalue weighted by molar-refractivity contribution is 5.80. The van der Waals surface area contributed by atoms with Crippen molar-refractivity contribution >= 4 is 5.91 Å². The summed E-state index contributed by atoms with van der Waals surface area (Å²) in [6.07, 6.45) is 2.90. The second-order valence-electron chi connectivity index (χ2n) is 4.88. The number of nitrogens with two attached hydrogens (primary N) is 1. The van der Waals surface area contributed by atoms with Crippen LogP contribution in [0.2, 0.25) is 0 Å². The number of aryl methyl sites for hydroxylation is 1. The minimum absolute atomic E-state index is 0.0144. The molecule has 1 fully saturated rings. The Morgan fingerprint density at radius 1 is 1.53 bits per heavy atom. The van der Waals surface area contributed by atoms with Gasteiger partial charge in [-0.1, -0.05) is 6.42 Å². The summed E-state index contributed by atoms with van der Waals surface area (Å²) in [4.78, 5) is 12.0. The van der Waals surface area contributed by atoms with Crippen molar-refractivity contribution in [3.63, 3.8) is 0 Å². The summed E-state index contributed by atoms with van der Waals surface area (Å²) in [5.41, 5.74) is 5.91. The molecule has 1 saturated carbocycles. The van der Waals surface area contributed by atoms with E-state index in [1.165, 1.54) is 0 Å². The number of carbonyl (C=O) groups is 1. The third-order valence-electron chi connectivity index (χ3n) is 3.45. The van der Waals surface area contributed by atoms with Gasteiger partial charge in [0.1, 0.15) is 11.5 Å². The first-order chi connectivity index (χ1) is 8.08. The minimum Gasteiger partial charge on any atom is -0.464 e. The van der Waals surface area contributed by atoms with E-state index in [2.05, 4.69) is 5.32 Å². The van der Waals surface area contributed by atoms with Gasteiger partial charge < -0.3 is 15.5 Å². The zero-order chi connectivity index (χ0) is 12.4. The van der Waals surface area contributed by atoms with Gasteiger partial charge in [0.25, 0.3) is 0 Å². The van der Waals surface area contributed by atoms with Gasteiger partial charge in [-0.2, -0.15) is 0 Å². The van der Waals surface area contributed by atoms with Gasteiger partial charge in [0.15, 0.2) is 0 Å². The lowest BCUT2D eigenvalue weighted by Gasteiger charge is -2.18. The van der Waals surface area contributed by atoms with Crippen molar-refractivity contribution < 1.29 is 9.21 Å². The first kappa shape index (κ1) is 12.2. The molecule has 0 saturated heterocycles. The standard InChI is InChI=1S/C13H20N2O2/c1-8-6-7-12(17-8)9(2)15-13(16)10-4-3-5-11(10)14/h6-7,9-11H,3-5,14H2,1-2H3,(H,15,16). The quantitative estimate of drug-likeness (QED) is 0.842. The van der Waals surface area contributed by atoms with Crippen LogP contribution in [-0.4, -0.2) is 11.9 Å². The molecule has 0 radical (unpaired) electrons. The van der Waals surface area contributed by atoms with Crippen LogP contribution >= 0.6 is 0 Å². The van der Waals surface area contributed by atoms with Gasteiger partial charge in [-0.3, -0.25) is 4.79 Å². The van der Waals surface area contributed by atoms with E-state index in [-0.39, 0.29) is 23.9 Å². The number of furan rings is 1. The van der Waals surface area contributed by atoms with E-state index in [0.29, 0.717) is 0 Å². The highest BCUT2D eigenvalue weighted by Gasteiger charge is 2.31. The molecule has 0 spiro atoms. The van der Waals surface area contributed by atoms with Crippen LogP contribution in [0.5, 0.6) is 0 Å². The fourth-order valence-electron chi connectivity index (χ4n) is 2.39. The van der Waals surface area contributed by atoms with Crippen molar-refractivity contribution in [3.05, 3.63) is 23.7 Å². The Kier molecular flexibility index (Phi) is 3.52. The van der Waals surface area contributed by atoms with Crippen molar-refractivity contribution in [2.75, 3.05) is 0 Å². The van der Waals surface area contributed by atoms with Crippen LogP contribution in [-0.2, 0) is 4.79 Å². The van der Waals surface area contributed by atoms with Crippen LogP contribution in [0.15, 0.2) is 16.5 Å². The third kappa shape index (κ3) is 2.69. The Morgan fingerprint density at radius 2 is 2.29 bits per heavy atom. The number of carbonyl (C=O) groups excluding carboxylic acids is 1. The highest BCUT2D eigenvalue weighted by atomic mass is 16.3. The van der Waals surface area contributed by atoms with E-state index < -0.39 is 0 Å². The summed E-state index contributed by atoms with van der Waals surface area (Å²) in [5, 5.41) is 2.97. The van der Waals surface area contributed by atoms with Gasteiger partial charge in [-0.15, -0.1) is 0 Å². The molecule has 17 heavy (non-hydrogen) atoms. The number of nitrogens with one attached hydrogen (secondary N) is 1. The first-order valence-corrected chi connectivity index (χ1v) is 6.20. The summed E-state index contributed by atoms with van der Waals surface area (Å²) in [7, 11) is 0. The molecule has 1 aromatic heterocycles. The van der Waals surface area contributed by atoms with Crippen LogP contribution in [0.25, 0.3) is 0 Å². The highest BCUT2D eigenvalue weighted by Crippen LogP contribution is 2.25. The molecular formula is C13H20N2O2. The molecule has 3 N–H and O–H groups in total. The lowest BCUT2D eigenvalue weighted by Crippen LogP contribution is -2.39. The maximum Gasteiger partial charge on any atom is 0.225 e. The average molecular weight is 236 g/mol. The van der Waals surface area contributed by atoms with Crippen LogP contribution in [0.4, 0.5) is 0 Å². The molecule has 0 aromatic carbocycles. The molecule has 1 aromatic rings. The molecule has 3 atom stereocenters. The number of hydrogen-bond acceptors (Lipinski definition) is 3. The van der Waals surface area contributed by atoms with Gasteiger partial charge in [-0.05, 0) is 38.8 Å². The van der Waals surface area contributed by atoms with Crippen LogP contribution in [0.3, 0.4) is 0 Å². The maximum atomic E-state index is 12.0. The average Bonchev–Trinajstić information content (AvgIpc) is 2.86. The largest absolute Gasteiger partial charge is 0.464 e. The first-order valence-electron chi connectivity index (χ1n) is 6.20. The third-order valence-corrected chi connectivity index (χ3v) is 3.45. The van der Waals surface area contributed by atoms with Gasteiger partial charge in [0, 0.05) is 6.04 Å². The Balaban J connectivity index is 1.94. The van der Waals surface area contributed by atoms with E-state index in [4.69, 9.17) is 10.2 Å². The lowest BCUT2D eigenvalue weighted by molar-refractivity contribution is -0.125. The molecule has 1 aliphatic rings. The topological polar surface area (TPSA) is 68.3 Å². The van der Waals surface area contributed by atoms with E-state index in [1.54, 1.807) is 0 Å². The molecule has 1 heterocycles. The van der Waals surface area contributed by atoms with Gasteiger partial charge in [0.05, 0.1) is 12.0 Å². The molecule has 2 rings (SSSR count). The molecule has 0 bridgehead atoms. The minimum atomic E-state index is -0.0935. The molecule has 94 valence electrons. The zero-order valence-electron chi connectivity index (χ0n) is 10.4. The Hall–Kier alpha value is -1.29. The monoisotopic (exact) mass is 236 g/mol. The molecular weight excluding hydrogens is 216 g/mol. The Labute approximate surface area is 102 Å². The predicted molar refractivity (Wildman–Crippen MR) is 65.3 cm³/mol. The second kappa shape index (κ2) is 4.92. The smallest absolute Gasteiger partial charge is 0.225 e. The predicted octanol–water partition coefficient (Wildman–Crippen LogP) is 1.89. The summed E-state index contributed by atoms with van der Waals surface area (Å²) in [6, 6.07) is 3.72. The normalized spacial score (nSPS) is 25.8. The SMILES string of the molecule is Cc1ccc(C(C)NC(=O)C2CCCC2N)o1. The second-order valence-corrected chi connectivity index (χ2v) is 4.88. The Morgan fingerprint density at radius 3 is 2.82 bits per heavy atom. The fraction of sp³-hybridized carbons (Fsp3) is 0.615. The molecule has 1 aliphatic carbocycles. The number of rotatable bonds is 3. The summed E-state index contributed by atoms with van der Waals surface area (Å²) in [5.74, 6) is 1.67. The molecule has 4 nitrogen and oxygen atoms in total. The fourth-order valence-corrected chi connectivity index (χ4v) is 2.39. The van der Waals surface area contributed by atoms with Crippen LogP contribution < -0.4 is 11.1 Å². The Bertz CT molecular complexity index is 400. The number of hydrogen-bond donors (Lipinski definition) is 2. The van der Waals surface area contributed by atoms with Crippen molar-refractivity contribution in [1.82, 2.24) is 5.32 Å². The van der Waals surface area contributed by atoms with Crippen molar-refractivity contribution in [2.45, 2.75) is 45.2 Å². The van der Waals surface area contributed by atoms with E-state index >= 15 is 0 Å². The van der Waals surface area contributed by atoms with E-state index in [1.807, 2.05) is 26.0 Å². The van der Waals surface area contributed by atoms with Crippen molar-refractivity contribution in [1.29, 1.82) is 0 Å². The summed E-state index contributed by atoms with van der Waals surface area (Å²) >= 11 is 0. The van der Waals surface area contributed by atoms with E-state index in [0.717, 1.165) is 30.8 Å². The molecule has 1 amide bonds. The summed E-state index contributed by atoms with van der Waals surface area (Å²) in [6.45, 7) is 3.82. The van der Waals surface area contributed by atoms with Gasteiger partial charge in [-0.25, -0.2) is 0 Å².